The van der Waals surface area contributed by atoms with E-state index in [2.05, 4.69) is 5.32 Å². The highest BCUT2D eigenvalue weighted by molar-refractivity contribution is 5.74. The van der Waals surface area contributed by atoms with Crippen LogP contribution in [0.25, 0.3) is 0 Å². The van der Waals surface area contributed by atoms with Gasteiger partial charge < -0.3 is 24.4 Å². The van der Waals surface area contributed by atoms with Crippen molar-refractivity contribution in [3.63, 3.8) is 0 Å². The molecule has 1 spiro atoms. The Morgan fingerprint density at radius 3 is 2.74 bits per heavy atom. The number of rotatable bonds is 2. The van der Waals surface area contributed by atoms with Crippen LogP contribution >= 0.6 is 0 Å². The van der Waals surface area contributed by atoms with Crippen molar-refractivity contribution in [2.45, 2.75) is 45.1 Å². The zero-order chi connectivity index (χ0) is 16.4. The van der Waals surface area contributed by atoms with Crippen molar-refractivity contribution in [1.29, 1.82) is 0 Å². The van der Waals surface area contributed by atoms with Gasteiger partial charge in [-0.15, -0.1) is 0 Å². The van der Waals surface area contributed by atoms with E-state index in [0.29, 0.717) is 32.5 Å². The van der Waals surface area contributed by atoms with E-state index in [0.717, 1.165) is 17.1 Å². The minimum absolute atomic E-state index is 0.0178. The second-order valence-electron chi connectivity index (χ2n) is 6.37. The summed E-state index contributed by atoms with van der Waals surface area (Å²) in [6.07, 6.45) is 1.34. The van der Waals surface area contributed by atoms with E-state index in [1.54, 1.807) is 7.11 Å². The van der Waals surface area contributed by atoms with Crippen LogP contribution in [-0.2, 0) is 11.3 Å². The number of urea groups is 1. The summed E-state index contributed by atoms with van der Waals surface area (Å²) in [5.41, 5.74) is 0.995. The van der Waals surface area contributed by atoms with Gasteiger partial charge in [0, 0.05) is 37.5 Å². The average Bonchev–Trinajstić information content (AvgIpc) is 2.54. The van der Waals surface area contributed by atoms with Crippen LogP contribution in [0.4, 0.5) is 4.79 Å². The summed E-state index contributed by atoms with van der Waals surface area (Å²) in [4.78, 5) is 13.9. The molecule has 0 saturated carbocycles. The molecule has 3 rings (SSSR count). The molecular weight excluding hydrogens is 296 g/mol. The third-order valence-corrected chi connectivity index (χ3v) is 4.28. The standard InChI is InChI=1S/C17H24N2O4/c1-12(2)18-16(20)19-8-6-17(7-9-19)22-11-13-10-14(21-3)4-5-15(13)23-17/h4-5,10,12H,6-9,11H2,1-3H3,(H,18,20). The first-order valence-corrected chi connectivity index (χ1v) is 8.07. The van der Waals surface area contributed by atoms with Crippen LogP contribution in [0.1, 0.15) is 32.3 Å². The van der Waals surface area contributed by atoms with Crippen molar-refractivity contribution in [2.75, 3.05) is 20.2 Å². The van der Waals surface area contributed by atoms with Gasteiger partial charge in [0.2, 0.25) is 5.79 Å². The number of likely N-dealkylation sites (tertiary alicyclic amines) is 1. The molecule has 0 atom stereocenters. The minimum atomic E-state index is -0.615. The maximum absolute atomic E-state index is 12.1. The smallest absolute Gasteiger partial charge is 0.317 e. The fourth-order valence-corrected chi connectivity index (χ4v) is 2.97. The lowest BCUT2D eigenvalue weighted by Crippen LogP contribution is -2.54. The molecule has 1 saturated heterocycles. The molecule has 2 heterocycles. The summed E-state index contributed by atoms with van der Waals surface area (Å²) in [7, 11) is 1.64. The van der Waals surface area contributed by atoms with E-state index >= 15 is 0 Å². The third kappa shape index (κ3) is 3.37. The molecule has 23 heavy (non-hydrogen) atoms. The molecule has 1 fully saturated rings. The Morgan fingerprint density at radius 2 is 2.09 bits per heavy atom. The largest absolute Gasteiger partial charge is 0.497 e. The summed E-state index contributed by atoms with van der Waals surface area (Å²) in [5.74, 6) is 1.03. The lowest BCUT2D eigenvalue weighted by Gasteiger charge is -2.44. The molecule has 0 radical (unpaired) electrons. The summed E-state index contributed by atoms with van der Waals surface area (Å²) in [5, 5.41) is 2.92. The number of piperidine rings is 1. The number of benzene rings is 1. The Balaban J connectivity index is 1.64. The maximum Gasteiger partial charge on any atom is 0.317 e. The molecule has 2 aliphatic heterocycles. The lowest BCUT2D eigenvalue weighted by atomic mass is 10.0. The Morgan fingerprint density at radius 1 is 1.35 bits per heavy atom. The first-order valence-electron chi connectivity index (χ1n) is 8.07. The molecule has 2 amide bonds. The van der Waals surface area contributed by atoms with Crippen molar-refractivity contribution >= 4 is 6.03 Å². The molecule has 0 aliphatic carbocycles. The summed E-state index contributed by atoms with van der Waals surface area (Å²) in [6, 6.07) is 5.88. The maximum atomic E-state index is 12.1. The van der Waals surface area contributed by atoms with Crippen LogP contribution in [0.2, 0.25) is 0 Å². The molecule has 1 aromatic rings. The number of hydrogen-bond acceptors (Lipinski definition) is 4. The molecule has 0 aromatic heterocycles. The highest BCUT2D eigenvalue weighted by atomic mass is 16.7. The second-order valence-corrected chi connectivity index (χ2v) is 6.37. The summed E-state index contributed by atoms with van der Waals surface area (Å²) >= 11 is 0. The van der Waals surface area contributed by atoms with Gasteiger partial charge in [-0.2, -0.15) is 0 Å². The number of hydrogen-bond donors (Lipinski definition) is 1. The number of nitrogens with zero attached hydrogens (tertiary/aromatic N) is 1. The zero-order valence-electron chi connectivity index (χ0n) is 13.9. The molecule has 0 unspecified atom stereocenters. The van der Waals surface area contributed by atoms with Crippen molar-refractivity contribution in [2.24, 2.45) is 0 Å². The molecule has 0 bridgehead atoms. The number of nitrogens with one attached hydrogen (secondary N) is 1. The number of ether oxygens (including phenoxy) is 3. The molecule has 1 N–H and O–H groups in total. The molecule has 1 aromatic carbocycles. The van der Waals surface area contributed by atoms with Crippen LogP contribution in [0, 0.1) is 0 Å². The van der Waals surface area contributed by atoms with Crippen molar-refractivity contribution in [3.8, 4) is 11.5 Å². The van der Waals surface area contributed by atoms with Crippen molar-refractivity contribution in [3.05, 3.63) is 23.8 Å². The number of carbonyl (C=O) groups excluding carboxylic acids is 1. The highest BCUT2D eigenvalue weighted by Crippen LogP contribution is 2.38. The second kappa shape index (κ2) is 6.28. The van der Waals surface area contributed by atoms with Gasteiger partial charge in [0.15, 0.2) is 0 Å². The Bertz CT molecular complexity index is 580. The fraction of sp³-hybridized carbons (Fsp3) is 0.588. The fourth-order valence-electron chi connectivity index (χ4n) is 2.97. The van der Waals surface area contributed by atoms with Gasteiger partial charge in [-0.3, -0.25) is 0 Å². The van der Waals surface area contributed by atoms with Gasteiger partial charge in [0.05, 0.1) is 13.7 Å². The Kier molecular flexibility index (Phi) is 4.35. The van der Waals surface area contributed by atoms with E-state index < -0.39 is 5.79 Å². The predicted molar refractivity (Wildman–Crippen MR) is 85.6 cm³/mol. The van der Waals surface area contributed by atoms with E-state index in [9.17, 15) is 4.79 Å². The third-order valence-electron chi connectivity index (χ3n) is 4.28. The minimum Gasteiger partial charge on any atom is -0.497 e. The first kappa shape index (κ1) is 15.9. The predicted octanol–water partition coefficient (Wildman–Crippen LogP) is 2.51. The topological polar surface area (TPSA) is 60.0 Å². The summed E-state index contributed by atoms with van der Waals surface area (Å²) < 4.78 is 17.4. The number of methoxy groups -OCH3 is 1. The van der Waals surface area contributed by atoms with Crippen LogP contribution < -0.4 is 14.8 Å². The van der Waals surface area contributed by atoms with E-state index in [-0.39, 0.29) is 12.1 Å². The van der Waals surface area contributed by atoms with E-state index in [4.69, 9.17) is 14.2 Å². The number of fused-ring (bicyclic) bond motifs is 1. The summed E-state index contributed by atoms with van der Waals surface area (Å²) in [6.45, 7) is 5.68. The van der Waals surface area contributed by atoms with Crippen LogP contribution in [0.5, 0.6) is 11.5 Å². The quantitative estimate of drug-likeness (QED) is 0.909. The van der Waals surface area contributed by atoms with E-state index in [1.165, 1.54) is 0 Å². The van der Waals surface area contributed by atoms with Crippen molar-refractivity contribution < 1.29 is 19.0 Å². The highest BCUT2D eigenvalue weighted by Gasteiger charge is 2.42. The first-order chi connectivity index (χ1) is 11.0. The van der Waals surface area contributed by atoms with Gasteiger partial charge in [-0.1, -0.05) is 0 Å². The normalized spacial score (nSPS) is 19.2. The zero-order valence-corrected chi connectivity index (χ0v) is 13.9. The van der Waals surface area contributed by atoms with Crippen molar-refractivity contribution in [1.82, 2.24) is 10.2 Å². The van der Waals surface area contributed by atoms with Gasteiger partial charge in [0.25, 0.3) is 0 Å². The van der Waals surface area contributed by atoms with Gasteiger partial charge >= 0.3 is 6.03 Å². The number of amides is 2. The Labute approximate surface area is 136 Å². The molecule has 6 heteroatoms. The molecule has 2 aliphatic rings. The Hall–Kier alpha value is -1.95. The van der Waals surface area contributed by atoms with Crippen LogP contribution in [0.15, 0.2) is 18.2 Å². The molecular formula is C17H24N2O4. The van der Waals surface area contributed by atoms with E-state index in [1.807, 2.05) is 36.9 Å². The van der Waals surface area contributed by atoms with Crippen LogP contribution in [-0.4, -0.2) is 43.0 Å². The van der Waals surface area contributed by atoms with Gasteiger partial charge in [-0.05, 0) is 32.0 Å². The average molecular weight is 320 g/mol. The number of carbonyl (C=O) groups is 1. The lowest BCUT2D eigenvalue weighted by molar-refractivity contribution is -0.225. The molecule has 126 valence electrons. The van der Waals surface area contributed by atoms with Gasteiger partial charge in [0.1, 0.15) is 11.5 Å². The van der Waals surface area contributed by atoms with Gasteiger partial charge in [-0.25, -0.2) is 4.79 Å². The molecule has 6 nitrogen and oxygen atoms in total. The van der Waals surface area contributed by atoms with Crippen LogP contribution in [0.3, 0.4) is 0 Å². The SMILES string of the molecule is COc1ccc2c(c1)COC1(CCN(C(=O)NC(C)C)CC1)O2. The monoisotopic (exact) mass is 320 g/mol.